The summed E-state index contributed by atoms with van der Waals surface area (Å²) in [6, 6.07) is 0. The highest BCUT2D eigenvalue weighted by Crippen LogP contribution is 2.32. The SMILES string of the molecule is CC1CCCCC1(CN)NC(=O)c1c[nH]c(=O)[nH]1. The summed E-state index contributed by atoms with van der Waals surface area (Å²) >= 11 is 0. The van der Waals surface area contributed by atoms with Crippen LogP contribution in [-0.4, -0.2) is 28.0 Å². The summed E-state index contributed by atoms with van der Waals surface area (Å²) < 4.78 is 0. The fourth-order valence-corrected chi connectivity index (χ4v) is 2.70. The third-order valence-corrected chi connectivity index (χ3v) is 4.02. The summed E-state index contributed by atoms with van der Waals surface area (Å²) in [4.78, 5) is 27.9. The lowest BCUT2D eigenvalue weighted by Gasteiger charge is -2.42. The Kier molecular flexibility index (Phi) is 3.56. The summed E-state index contributed by atoms with van der Waals surface area (Å²) in [5.41, 5.74) is 5.40. The van der Waals surface area contributed by atoms with Crippen molar-refractivity contribution in [3.05, 3.63) is 22.4 Å². The number of nitrogens with one attached hydrogen (secondary N) is 3. The number of imidazole rings is 1. The van der Waals surface area contributed by atoms with Crippen LogP contribution < -0.4 is 16.7 Å². The molecule has 100 valence electrons. The molecule has 1 aromatic rings. The van der Waals surface area contributed by atoms with Crippen molar-refractivity contribution in [2.24, 2.45) is 11.7 Å². The van der Waals surface area contributed by atoms with E-state index in [0.29, 0.717) is 12.5 Å². The number of carbonyl (C=O) groups is 1. The highest BCUT2D eigenvalue weighted by Gasteiger charge is 2.38. The van der Waals surface area contributed by atoms with Crippen molar-refractivity contribution >= 4 is 5.91 Å². The van der Waals surface area contributed by atoms with E-state index >= 15 is 0 Å². The van der Waals surface area contributed by atoms with Crippen LogP contribution in [0.25, 0.3) is 0 Å². The number of nitrogens with two attached hydrogens (primary N) is 1. The van der Waals surface area contributed by atoms with Gasteiger partial charge >= 0.3 is 5.69 Å². The lowest BCUT2D eigenvalue weighted by atomic mass is 9.73. The largest absolute Gasteiger partial charge is 0.344 e. The van der Waals surface area contributed by atoms with Crippen LogP contribution in [0.4, 0.5) is 0 Å². The Hall–Kier alpha value is -1.56. The second kappa shape index (κ2) is 4.97. The Balaban J connectivity index is 2.15. The fraction of sp³-hybridized carbons (Fsp3) is 0.667. The van der Waals surface area contributed by atoms with Crippen LogP contribution in [0.1, 0.15) is 43.1 Å². The number of hydrogen-bond acceptors (Lipinski definition) is 3. The minimum atomic E-state index is -0.376. The van der Waals surface area contributed by atoms with Crippen LogP contribution >= 0.6 is 0 Å². The zero-order valence-corrected chi connectivity index (χ0v) is 10.6. The second-order valence-corrected chi connectivity index (χ2v) is 5.12. The molecule has 0 aliphatic heterocycles. The van der Waals surface area contributed by atoms with E-state index in [2.05, 4.69) is 22.2 Å². The molecule has 0 spiro atoms. The van der Waals surface area contributed by atoms with E-state index in [-0.39, 0.29) is 22.8 Å². The minimum absolute atomic E-state index is 0.255. The molecule has 18 heavy (non-hydrogen) atoms. The Morgan fingerprint density at radius 2 is 2.39 bits per heavy atom. The topological polar surface area (TPSA) is 104 Å². The normalized spacial score (nSPS) is 28.0. The van der Waals surface area contributed by atoms with Crippen molar-refractivity contribution in [2.75, 3.05) is 6.54 Å². The molecular formula is C12H20N4O2. The Morgan fingerprint density at radius 1 is 1.61 bits per heavy atom. The summed E-state index contributed by atoms with van der Waals surface area (Å²) in [7, 11) is 0. The highest BCUT2D eigenvalue weighted by molar-refractivity contribution is 5.92. The number of H-pyrrole nitrogens is 2. The first-order valence-electron chi connectivity index (χ1n) is 6.38. The zero-order chi connectivity index (χ0) is 13.2. The number of aromatic nitrogens is 2. The van der Waals surface area contributed by atoms with E-state index in [1.165, 1.54) is 12.6 Å². The van der Waals surface area contributed by atoms with Gasteiger partial charge in [0.1, 0.15) is 5.69 Å². The molecule has 1 fully saturated rings. The van der Waals surface area contributed by atoms with Crippen LogP contribution in [0.5, 0.6) is 0 Å². The summed E-state index contributed by atoms with van der Waals surface area (Å²) in [6.45, 7) is 2.54. The molecule has 0 radical (unpaired) electrons. The maximum atomic E-state index is 12.1. The Labute approximate surface area is 105 Å². The number of aromatic amines is 2. The first-order valence-corrected chi connectivity index (χ1v) is 6.38. The van der Waals surface area contributed by atoms with E-state index in [0.717, 1.165) is 19.3 Å². The van der Waals surface area contributed by atoms with E-state index in [1.54, 1.807) is 0 Å². The molecular weight excluding hydrogens is 232 g/mol. The van der Waals surface area contributed by atoms with Crippen molar-refractivity contribution < 1.29 is 4.79 Å². The molecule has 6 heteroatoms. The van der Waals surface area contributed by atoms with Gasteiger partial charge in [0, 0.05) is 12.7 Å². The first kappa shape index (κ1) is 12.9. The van der Waals surface area contributed by atoms with E-state index in [9.17, 15) is 9.59 Å². The smallest absolute Gasteiger partial charge is 0.323 e. The molecule has 2 unspecified atom stereocenters. The molecule has 0 aromatic carbocycles. The van der Waals surface area contributed by atoms with Gasteiger partial charge in [0.2, 0.25) is 0 Å². The van der Waals surface area contributed by atoms with Gasteiger partial charge < -0.3 is 21.0 Å². The van der Waals surface area contributed by atoms with Crippen LogP contribution in [0.15, 0.2) is 11.0 Å². The van der Waals surface area contributed by atoms with Gasteiger partial charge in [-0.3, -0.25) is 4.79 Å². The second-order valence-electron chi connectivity index (χ2n) is 5.12. The zero-order valence-electron chi connectivity index (χ0n) is 10.6. The quantitative estimate of drug-likeness (QED) is 0.623. The molecule has 1 aliphatic carbocycles. The molecule has 0 bridgehead atoms. The Morgan fingerprint density at radius 3 is 2.94 bits per heavy atom. The summed E-state index contributed by atoms with van der Waals surface area (Å²) in [5, 5.41) is 3.01. The molecule has 2 rings (SSSR count). The molecule has 1 aliphatic rings. The van der Waals surface area contributed by atoms with Gasteiger partial charge in [-0.25, -0.2) is 4.79 Å². The molecule has 6 nitrogen and oxygen atoms in total. The van der Waals surface area contributed by atoms with Gasteiger partial charge in [-0.2, -0.15) is 0 Å². The summed E-state index contributed by atoms with van der Waals surface area (Å²) in [5.74, 6) is 0.0819. The molecule has 1 aromatic heterocycles. The van der Waals surface area contributed by atoms with Crippen LogP contribution in [0.2, 0.25) is 0 Å². The number of rotatable bonds is 3. The van der Waals surface area contributed by atoms with Crippen LogP contribution in [0, 0.1) is 5.92 Å². The van der Waals surface area contributed by atoms with Crippen molar-refractivity contribution in [1.82, 2.24) is 15.3 Å². The van der Waals surface area contributed by atoms with Gasteiger partial charge in [-0.05, 0) is 18.8 Å². The highest BCUT2D eigenvalue weighted by atomic mass is 16.2. The van der Waals surface area contributed by atoms with Crippen LogP contribution in [-0.2, 0) is 0 Å². The standard InChI is InChI=1S/C12H20N4O2/c1-8-4-2-3-5-12(8,7-13)16-10(17)9-6-14-11(18)15-9/h6,8H,2-5,7,13H2,1H3,(H,16,17)(H2,14,15,18). The third kappa shape index (κ3) is 2.33. The minimum Gasteiger partial charge on any atom is -0.344 e. The van der Waals surface area contributed by atoms with Gasteiger partial charge in [0.25, 0.3) is 5.91 Å². The van der Waals surface area contributed by atoms with Gasteiger partial charge in [-0.15, -0.1) is 0 Å². The van der Waals surface area contributed by atoms with Crippen molar-refractivity contribution in [3.63, 3.8) is 0 Å². The van der Waals surface area contributed by atoms with Gasteiger partial charge in [0.05, 0.1) is 5.54 Å². The van der Waals surface area contributed by atoms with Gasteiger partial charge in [-0.1, -0.05) is 19.8 Å². The predicted octanol–water partition coefficient (Wildman–Crippen LogP) is 0.340. The number of carbonyl (C=O) groups excluding carboxylic acids is 1. The van der Waals surface area contributed by atoms with E-state index in [4.69, 9.17) is 5.73 Å². The molecule has 1 amide bonds. The lowest BCUT2D eigenvalue weighted by molar-refractivity contribution is 0.0808. The molecule has 5 N–H and O–H groups in total. The van der Waals surface area contributed by atoms with E-state index < -0.39 is 0 Å². The average Bonchev–Trinajstić information content (AvgIpc) is 2.79. The maximum Gasteiger partial charge on any atom is 0.323 e. The average molecular weight is 252 g/mol. The molecule has 1 saturated carbocycles. The Bertz CT molecular complexity index is 478. The van der Waals surface area contributed by atoms with E-state index in [1.807, 2.05) is 0 Å². The summed E-state index contributed by atoms with van der Waals surface area (Å²) in [6.07, 6.45) is 5.60. The first-order chi connectivity index (χ1) is 8.57. The number of amides is 1. The fourth-order valence-electron chi connectivity index (χ4n) is 2.70. The monoisotopic (exact) mass is 252 g/mol. The molecule has 2 atom stereocenters. The maximum absolute atomic E-state index is 12.1. The van der Waals surface area contributed by atoms with Crippen LogP contribution in [0.3, 0.4) is 0 Å². The lowest BCUT2D eigenvalue weighted by Crippen LogP contribution is -2.59. The number of hydrogen-bond donors (Lipinski definition) is 4. The molecule has 1 heterocycles. The van der Waals surface area contributed by atoms with Crippen molar-refractivity contribution in [3.8, 4) is 0 Å². The third-order valence-electron chi connectivity index (χ3n) is 4.02. The van der Waals surface area contributed by atoms with Gasteiger partial charge in [0.15, 0.2) is 0 Å². The predicted molar refractivity (Wildman–Crippen MR) is 68.3 cm³/mol. The van der Waals surface area contributed by atoms with Crippen molar-refractivity contribution in [2.45, 2.75) is 38.1 Å². The van der Waals surface area contributed by atoms with Crippen molar-refractivity contribution in [1.29, 1.82) is 0 Å². The molecule has 0 saturated heterocycles.